The van der Waals surface area contributed by atoms with Crippen LogP contribution in [0.2, 0.25) is 0 Å². The highest BCUT2D eigenvalue weighted by molar-refractivity contribution is 7.10. The van der Waals surface area contributed by atoms with Gasteiger partial charge in [0.25, 0.3) is 0 Å². The van der Waals surface area contributed by atoms with Crippen LogP contribution in [0.15, 0.2) is 66.1 Å². The van der Waals surface area contributed by atoms with Crippen molar-refractivity contribution in [1.82, 2.24) is 4.98 Å². The van der Waals surface area contributed by atoms with E-state index in [1.807, 2.05) is 66.1 Å². The number of carbonyl (C=O) groups excluding carboxylic acids is 1. The molecule has 0 fully saturated rings. The van der Waals surface area contributed by atoms with E-state index in [1.165, 1.54) is 5.56 Å². The van der Waals surface area contributed by atoms with Gasteiger partial charge in [-0.3, -0.25) is 9.78 Å². The molecule has 5 nitrogen and oxygen atoms in total. The lowest BCUT2D eigenvalue weighted by Crippen LogP contribution is -2.11. The summed E-state index contributed by atoms with van der Waals surface area (Å²) in [6, 6.07) is 17.8. The number of aryl methyl sites for hydroxylation is 1. The van der Waals surface area contributed by atoms with Gasteiger partial charge >= 0.3 is 0 Å². The zero-order valence-corrected chi connectivity index (χ0v) is 19.2. The fourth-order valence-electron chi connectivity index (χ4n) is 4.25. The van der Waals surface area contributed by atoms with E-state index in [2.05, 4.69) is 10.6 Å². The summed E-state index contributed by atoms with van der Waals surface area (Å²) >= 11 is 1.60. The van der Waals surface area contributed by atoms with Crippen molar-refractivity contribution in [3.8, 4) is 5.75 Å². The minimum absolute atomic E-state index is 0.159. The fraction of sp³-hybridized carbons (Fsp3) is 0.185. The van der Waals surface area contributed by atoms with Gasteiger partial charge in [-0.2, -0.15) is 0 Å². The van der Waals surface area contributed by atoms with E-state index in [9.17, 15) is 4.79 Å². The van der Waals surface area contributed by atoms with Gasteiger partial charge in [0.1, 0.15) is 5.75 Å². The summed E-state index contributed by atoms with van der Waals surface area (Å²) in [4.78, 5) is 18.5. The van der Waals surface area contributed by atoms with Gasteiger partial charge in [0.05, 0.1) is 24.0 Å². The van der Waals surface area contributed by atoms with Crippen molar-refractivity contribution in [2.75, 3.05) is 17.7 Å². The van der Waals surface area contributed by atoms with Crippen molar-refractivity contribution < 1.29 is 9.53 Å². The maximum atomic E-state index is 12.5. The average molecular weight is 456 g/mol. The normalized spacial score (nSPS) is 13.1. The standard InChI is InChI=1S/C27H25N3O2S/c1-32-25-11-5-4-10-24(25)30-27-20-8-2-3-9-22(20)29-23-14-12-18(17-21(23)27)28-26(31)15-13-19-7-6-16-33-19/h4-7,10-17H,2-3,8-9H2,1H3,(H,28,31)(H,29,30)/b15-13+. The molecule has 33 heavy (non-hydrogen) atoms. The van der Waals surface area contributed by atoms with Gasteiger partial charge in [-0.05, 0) is 79.1 Å². The topological polar surface area (TPSA) is 63.2 Å². The first-order chi connectivity index (χ1) is 16.2. The number of amides is 1. The van der Waals surface area contributed by atoms with E-state index < -0.39 is 0 Å². The lowest BCUT2D eigenvalue weighted by Gasteiger charge is -2.22. The molecule has 1 amide bonds. The molecule has 2 N–H and O–H groups in total. The zero-order chi connectivity index (χ0) is 22.6. The quantitative estimate of drug-likeness (QED) is 0.322. The van der Waals surface area contributed by atoms with E-state index in [4.69, 9.17) is 9.72 Å². The maximum absolute atomic E-state index is 12.5. The van der Waals surface area contributed by atoms with Crippen molar-refractivity contribution in [3.63, 3.8) is 0 Å². The zero-order valence-electron chi connectivity index (χ0n) is 18.4. The first-order valence-corrected chi connectivity index (χ1v) is 12.0. The largest absolute Gasteiger partial charge is 0.495 e. The van der Waals surface area contributed by atoms with Crippen molar-refractivity contribution in [3.05, 3.63) is 82.2 Å². The maximum Gasteiger partial charge on any atom is 0.248 e. The number of nitrogens with zero attached hydrogens (tertiary/aromatic N) is 1. The molecule has 0 saturated carbocycles. The average Bonchev–Trinajstić information content (AvgIpc) is 3.37. The molecular formula is C27H25N3O2S. The van der Waals surface area contributed by atoms with Gasteiger partial charge in [0.15, 0.2) is 0 Å². The Morgan fingerprint density at radius 3 is 2.82 bits per heavy atom. The van der Waals surface area contributed by atoms with Crippen molar-refractivity contribution in [1.29, 1.82) is 0 Å². The highest BCUT2D eigenvalue weighted by Gasteiger charge is 2.19. The minimum atomic E-state index is -0.159. The molecule has 0 unspecified atom stereocenters. The molecular weight excluding hydrogens is 430 g/mol. The molecule has 0 aliphatic heterocycles. The highest BCUT2D eigenvalue weighted by Crippen LogP contribution is 2.38. The van der Waals surface area contributed by atoms with Crippen LogP contribution in [0.5, 0.6) is 5.75 Å². The Bertz CT molecular complexity index is 1330. The highest BCUT2D eigenvalue weighted by atomic mass is 32.1. The van der Waals surface area contributed by atoms with Crippen molar-refractivity contribution in [2.24, 2.45) is 0 Å². The molecule has 0 atom stereocenters. The molecule has 0 spiro atoms. The van der Waals surface area contributed by atoms with Crippen molar-refractivity contribution >= 4 is 51.3 Å². The van der Waals surface area contributed by atoms with Gasteiger partial charge < -0.3 is 15.4 Å². The van der Waals surface area contributed by atoms with Gasteiger partial charge in [0, 0.05) is 27.7 Å². The summed E-state index contributed by atoms with van der Waals surface area (Å²) < 4.78 is 5.57. The number of pyridine rings is 1. The van der Waals surface area contributed by atoms with Crippen LogP contribution in [0.4, 0.5) is 17.1 Å². The molecule has 2 heterocycles. The third-order valence-electron chi connectivity index (χ3n) is 5.84. The van der Waals surface area contributed by atoms with Gasteiger partial charge in [-0.25, -0.2) is 0 Å². The van der Waals surface area contributed by atoms with Crippen LogP contribution < -0.4 is 15.4 Å². The Morgan fingerprint density at radius 2 is 1.97 bits per heavy atom. The van der Waals surface area contributed by atoms with Crippen LogP contribution >= 0.6 is 11.3 Å². The van der Waals surface area contributed by atoms with Gasteiger partial charge in [-0.15, -0.1) is 11.3 Å². The molecule has 4 aromatic rings. The minimum Gasteiger partial charge on any atom is -0.495 e. The number of hydrogen-bond donors (Lipinski definition) is 2. The molecule has 0 bridgehead atoms. The number of benzene rings is 2. The predicted octanol–water partition coefficient (Wildman–Crippen LogP) is 6.58. The Hall–Kier alpha value is -3.64. The lowest BCUT2D eigenvalue weighted by molar-refractivity contribution is -0.111. The van der Waals surface area contributed by atoms with Crippen LogP contribution in [-0.2, 0) is 17.6 Å². The Labute approximate surface area is 197 Å². The molecule has 5 rings (SSSR count). The second-order valence-corrected chi connectivity index (χ2v) is 8.99. The van der Waals surface area contributed by atoms with Gasteiger partial charge in [0.2, 0.25) is 5.91 Å². The van der Waals surface area contributed by atoms with Crippen LogP contribution in [0.3, 0.4) is 0 Å². The number of hydrogen-bond acceptors (Lipinski definition) is 5. The van der Waals surface area contributed by atoms with Gasteiger partial charge in [-0.1, -0.05) is 18.2 Å². The third-order valence-corrected chi connectivity index (χ3v) is 6.68. The number of rotatable bonds is 6. The lowest BCUT2D eigenvalue weighted by atomic mass is 9.92. The number of anilines is 3. The first kappa shape index (κ1) is 21.2. The molecule has 166 valence electrons. The predicted molar refractivity (Wildman–Crippen MR) is 137 cm³/mol. The first-order valence-electron chi connectivity index (χ1n) is 11.1. The number of nitrogens with one attached hydrogen (secondary N) is 2. The van der Waals surface area contributed by atoms with Crippen LogP contribution in [0, 0.1) is 0 Å². The Morgan fingerprint density at radius 1 is 1.09 bits per heavy atom. The van der Waals surface area contributed by atoms with E-state index >= 15 is 0 Å². The molecule has 2 aromatic heterocycles. The molecule has 1 aliphatic rings. The summed E-state index contributed by atoms with van der Waals surface area (Å²) in [5.74, 6) is 0.628. The van der Waals surface area contributed by atoms with E-state index in [-0.39, 0.29) is 5.91 Å². The Kier molecular flexibility index (Phi) is 6.09. The number of thiophene rings is 1. The summed E-state index contributed by atoms with van der Waals surface area (Å²) in [6.07, 6.45) is 7.66. The number of ether oxygens (including phenoxy) is 1. The summed E-state index contributed by atoms with van der Waals surface area (Å²) in [5, 5.41) is 9.60. The SMILES string of the molecule is COc1ccccc1Nc1c2c(nc3ccc(NC(=O)/C=C/c4cccs4)cc13)CCCC2. The molecule has 0 saturated heterocycles. The number of carbonyl (C=O) groups is 1. The summed E-state index contributed by atoms with van der Waals surface area (Å²) in [5.41, 5.74) is 6.02. The second kappa shape index (κ2) is 9.46. The molecule has 6 heteroatoms. The third kappa shape index (κ3) is 4.61. The van der Waals surface area contributed by atoms with E-state index in [0.29, 0.717) is 0 Å². The monoisotopic (exact) mass is 455 g/mol. The van der Waals surface area contributed by atoms with Crippen molar-refractivity contribution in [2.45, 2.75) is 25.7 Å². The molecule has 2 aromatic carbocycles. The van der Waals surface area contributed by atoms with Crippen LogP contribution in [0.1, 0.15) is 29.0 Å². The summed E-state index contributed by atoms with van der Waals surface area (Å²) in [7, 11) is 1.68. The van der Waals surface area contributed by atoms with Crippen LogP contribution in [0.25, 0.3) is 17.0 Å². The second-order valence-electron chi connectivity index (χ2n) is 8.01. The number of methoxy groups -OCH3 is 1. The van der Waals surface area contributed by atoms with E-state index in [0.717, 1.165) is 70.0 Å². The van der Waals surface area contributed by atoms with Crippen LogP contribution in [-0.4, -0.2) is 18.0 Å². The molecule has 1 aliphatic carbocycles. The fourth-order valence-corrected chi connectivity index (χ4v) is 4.87. The Balaban J connectivity index is 1.52. The number of aromatic nitrogens is 1. The summed E-state index contributed by atoms with van der Waals surface area (Å²) in [6.45, 7) is 0. The smallest absolute Gasteiger partial charge is 0.248 e. The number of para-hydroxylation sites is 2. The molecule has 0 radical (unpaired) electrons. The number of fused-ring (bicyclic) bond motifs is 2. The van der Waals surface area contributed by atoms with E-state index in [1.54, 1.807) is 24.5 Å².